The molecule has 1 fully saturated rings. The van der Waals surface area contributed by atoms with Crippen LogP contribution in [0.25, 0.3) is 0 Å². The first kappa shape index (κ1) is 14.6. The average Bonchev–Trinajstić information content (AvgIpc) is 2.46. The van der Waals surface area contributed by atoms with Crippen molar-refractivity contribution in [2.75, 3.05) is 25.1 Å². The van der Waals surface area contributed by atoms with Crippen LogP contribution in [-0.4, -0.2) is 31.3 Å². The van der Waals surface area contributed by atoms with Gasteiger partial charge in [0.1, 0.15) is 5.82 Å². The molecule has 3 nitrogen and oxygen atoms in total. The summed E-state index contributed by atoms with van der Waals surface area (Å²) in [5.41, 5.74) is 2.27. The maximum Gasteiger partial charge on any atom is 0.129 e. The van der Waals surface area contributed by atoms with Gasteiger partial charge in [-0.15, -0.1) is 11.6 Å². The molecule has 0 aliphatic carbocycles. The monoisotopic (exact) mass is 282 g/mol. The van der Waals surface area contributed by atoms with Gasteiger partial charge in [0.2, 0.25) is 0 Å². The van der Waals surface area contributed by atoms with Gasteiger partial charge in [0.25, 0.3) is 0 Å². The number of piperidine rings is 1. The van der Waals surface area contributed by atoms with Gasteiger partial charge < -0.3 is 9.64 Å². The Morgan fingerprint density at radius 1 is 1.47 bits per heavy atom. The standard InChI is InChI=1S/C15H23ClN2O/c1-11(2)14-7-12(9-16)8-15(17-14)18-6-4-5-13(10-18)19-3/h7-8,11,13H,4-6,9-10H2,1-3H3. The van der Waals surface area contributed by atoms with Crippen LogP contribution in [0.15, 0.2) is 12.1 Å². The van der Waals surface area contributed by atoms with Crippen LogP contribution in [0.4, 0.5) is 5.82 Å². The second kappa shape index (κ2) is 6.58. The van der Waals surface area contributed by atoms with E-state index in [0.717, 1.165) is 43.0 Å². The van der Waals surface area contributed by atoms with Gasteiger partial charge in [-0.25, -0.2) is 4.98 Å². The topological polar surface area (TPSA) is 25.4 Å². The van der Waals surface area contributed by atoms with E-state index in [2.05, 4.69) is 30.9 Å². The lowest BCUT2D eigenvalue weighted by atomic mass is 10.1. The first-order valence-electron chi connectivity index (χ1n) is 6.98. The Hall–Kier alpha value is -0.800. The lowest BCUT2D eigenvalue weighted by Gasteiger charge is -2.33. The number of rotatable bonds is 4. The number of anilines is 1. The average molecular weight is 283 g/mol. The van der Waals surface area contributed by atoms with Crippen LogP contribution < -0.4 is 4.90 Å². The van der Waals surface area contributed by atoms with Gasteiger partial charge in [0, 0.05) is 31.8 Å². The fourth-order valence-electron chi connectivity index (χ4n) is 2.47. The van der Waals surface area contributed by atoms with Crippen molar-refractivity contribution < 1.29 is 4.74 Å². The molecule has 1 atom stereocenters. The Morgan fingerprint density at radius 2 is 2.26 bits per heavy atom. The van der Waals surface area contributed by atoms with Gasteiger partial charge in [0.05, 0.1) is 6.10 Å². The van der Waals surface area contributed by atoms with Crippen LogP contribution in [-0.2, 0) is 10.6 Å². The number of aromatic nitrogens is 1. The molecule has 1 saturated heterocycles. The highest BCUT2D eigenvalue weighted by Crippen LogP contribution is 2.24. The van der Waals surface area contributed by atoms with Crippen LogP contribution in [0.1, 0.15) is 43.9 Å². The molecule has 0 amide bonds. The summed E-state index contributed by atoms with van der Waals surface area (Å²) >= 11 is 6.00. The highest BCUT2D eigenvalue weighted by atomic mass is 35.5. The first-order valence-corrected chi connectivity index (χ1v) is 7.52. The predicted molar refractivity (Wildman–Crippen MR) is 80.1 cm³/mol. The van der Waals surface area contributed by atoms with Gasteiger partial charge in [-0.3, -0.25) is 0 Å². The lowest BCUT2D eigenvalue weighted by Crippen LogP contribution is -2.39. The zero-order valence-corrected chi connectivity index (χ0v) is 12.8. The molecule has 106 valence electrons. The maximum absolute atomic E-state index is 6.00. The smallest absolute Gasteiger partial charge is 0.129 e. The molecule has 0 spiro atoms. The molecule has 0 N–H and O–H groups in total. The number of hydrogen-bond acceptors (Lipinski definition) is 3. The van der Waals surface area contributed by atoms with E-state index < -0.39 is 0 Å². The minimum absolute atomic E-state index is 0.317. The zero-order chi connectivity index (χ0) is 13.8. The molecule has 2 heterocycles. The Balaban J connectivity index is 2.25. The fourth-order valence-corrected chi connectivity index (χ4v) is 2.62. The predicted octanol–water partition coefficient (Wildman–Crippen LogP) is 3.56. The molecule has 0 aromatic carbocycles. The first-order chi connectivity index (χ1) is 9.13. The third-order valence-corrected chi connectivity index (χ3v) is 3.98. The summed E-state index contributed by atoms with van der Waals surface area (Å²) in [5.74, 6) is 2.00. The summed E-state index contributed by atoms with van der Waals surface area (Å²) in [6.45, 7) is 6.31. The SMILES string of the molecule is COC1CCCN(c2cc(CCl)cc(C(C)C)n2)C1. The minimum Gasteiger partial charge on any atom is -0.380 e. The van der Waals surface area contributed by atoms with Crippen LogP contribution in [0.2, 0.25) is 0 Å². The van der Waals surface area contributed by atoms with E-state index >= 15 is 0 Å². The molecule has 1 aliphatic rings. The highest BCUT2D eigenvalue weighted by Gasteiger charge is 2.21. The van der Waals surface area contributed by atoms with Gasteiger partial charge in [0.15, 0.2) is 0 Å². The van der Waals surface area contributed by atoms with Crippen molar-refractivity contribution in [1.29, 1.82) is 0 Å². The van der Waals surface area contributed by atoms with Crippen molar-refractivity contribution in [3.05, 3.63) is 23.4 Å². The van der Waals surface area contributed by atoms with Crippen LogP contribution in [0.3, 0.4) is 0 Å². The van der Waals surface area contributed by atoms with E-state index in [-0.39, 0.29) is 0 Å². The fraction of sp³-hybridized carbons (Fsp3) is 0.667. The molecule has 0 saturated carbocycles. The van der Waals surface area contributed by atoms with E-state index in [0.29, 0.717) is 17.9 Å². The van der Waals surface area contributed by atoms with Crippen LogP contribution >= 0.6 is 11.6 Å². The maximum atomic E-state index is 6.00. The number of hydrogen-bond donors (Lipinski definition) is 0. The Bertz CT molecular complexity index is 423. The number of halogens is 1. The Kier molecular flexibility index (Phi) is 5.06. The summed E-state index contributed by atoms with van der Waals surface area (Å²) in [6.07, 6.45) is 2.61. The highest BCUT2D eigenvalue weighted by molar-refractivity contribution is 6.17. The molecule has 2 rings (SSSR count). The van der Waals surface area contributed by atoms with Crippen molar-refractivity contribution in [3.8, 4) is 0 Å². The molecular weight excluding hydrogens is 260 g/mol. The summed E-state index contributed by atoms with van der Waals surface area (Å²) < 4.78 is 5.48. The van der Waals surface area contributed by atoms with Crippen molar-refractivity contribution in [2.24, 2.45) is 0 Å². The normalized spacial score (nSPS) is 20.1. The zero-order valence-electron chi connectivity index (χ0n) is 12.0. The molecule has 19 heavy (non-hydrogen) atoms. The minimum atomic E-state index is 0.317. The van der Waals surface area contributed by atoms with Gasteiger partial charge in [-0.05, 0) is 36.5 Å². The van der Waals surface area contributed by atoms with Gasteiger partial charge >= 0.3 is 0 Å². The molecule has 1 aliphatic heterocycles. The quantitative estimate of drug-likeness (QED) is 0.790. The largest absolute Gasteiger partial charge is 0.380 e. The number of nitrogens with zero attached hydrogens (tertiary/aromatic N) is 2. The second-order valence-electron chi connectivity index (χ2n) is 5.49. The number of methoxy groups -OCH3 is 1. The molecule has 1 aromatic heterocycles. The van der Waals surface area contributed by atoms with Crippen molar-refractivity contribution in [1.82, 2.24) is 4.98 Å². The summed E-state index contributed by atoms with van der Waals surface area (Å²) in [4.78, 5) is 7.10. The Morgan fingerprint density at radius 3 is 2.89 bits per heavy atom. The molecule has 4 heteroatoms. The molecule has 0 radical (unpaired) electrons. The molecule has 1 aromatic rings. The number of alkyl halides is 1. The van der Waals surface area contributed by atoms with Crippen molar-refractivity contribution in [2.45, 2.75) is 44.6 Å². The molecule has 0 bridgehead atoms. The summed E-state index contributed by atoms with van der Waals surface area (Å²) in [6, 6.07) is 4.22. The Labute approximate surface area is 120 Å². The van der Waals surface area contributed by atoms with E-state index in [1.165, 1.54) is 0 Å². The number of pyridine rings is 1. The van der Waals surface area contributed by atoms with Gasteiger partial charge in [-0.2, -0.15) is 0 Å². The van der Waals surface area contributed by atoms with Gasteiger partial charge in [-0.1, -0.05) is 13.8 Å². The van der Waals surface area contributed by atoms with E-state index in [4.69, 9.17) is 21.3 Å². The second-order valence-corrected chi connectivity index (χ2v) is 5.76. The molecular formula is C15H23ClN2O. The van der Waals surface area contributed by atoms with E-state index in [9.17, 15) is 0 Å². The third kappa shape index (κ3) is 3.61. The third-order valence-electron chi connectivity index (χ3n) is 3.67. The van der Waals surface area contributed by atoms with Crippen molar-refractivity contribution in [3.63, 3.8) is 0 Å². The summed E-state index contributed by atoms with van der Waals surface area (Å²) in [5, 5.41) is 0. The number of ether oxygens (including phenoxy) is 1. The van der Waals surface area contributed by atoms with Crippen LogP contribution in [0, 0.1) is 0 Å². The molecule has 1 unspecified atom stereocenters. The van der Waals surface area contributed by atoms with Crippen molar-refractivity contribution >= 4 is 17.4 Å². The summed E-state index contributed by atoms with van der Waals surface area (Å²) in [7, 11) is 1.79. The van der Waals surface area contributed by atoms with E-state index in [1.54, 1.807) is 7.11 Å². The van der Waals surface area contributed by atoms with E-state index in [1.807, 2.05) is 0 Å². The van der Waals surface area contributed by atoms with Crippen LogP contribution in [0.5, 0.6) is 0 Å². The lowest BCUT2D eigenvalue weighted by molar-refractivity contribution is 0.0891.